The highest BCUT2D eigenvalue weighted by molar-refractivity contribution is 7.92. The summed E-state index contributed by atoms with van der Waals surface area (Å²) in [5, 5.41) is 13.2. The van der Waals surface area contributed by atoms with E-state index in [1.165, 1.54) is 12.1 Å². The minimum absolute atomic E-state index is 0.0217. The van der Waals surface area contributed by atoms with Gasteiger partial charge in [0.15, 0.2) is 11.5 Å². The summed E-state index contributed by atoms with van der Waals surface area (Å²) in [5.74, 6) is 0.582. The molecule has 5 aromatic rings. The van der Waals surface area contributed by atoms with E-state index in [9.17, 15) is 8.42 Å². The summed E-state index contributed by atoms with van der Waals surface area (Å²) in [7, 11) is -3.80. The highest BCUT2D eigenvalue weighted by Crippen LogP contribution is 2.26. The molecule has 0 fully saturated rings. The zero-order valence-corrected chi connectivity index (χ0v) is 18.0. The van der Waals surface area contributed by atoms with Gasteiger partial charge in [-0.3, -0.25) is 9.71 Å². The van der Waals surface area contributed by atoms with Crippen LogP contribution in [0.25, 0.3) is 28.3 Å². The van der Waals surface area contributed by atoms with E-state index in [2.05, 4.69) is 25.0 Å². The van der Waals surface area contributed by atoms with Crippen molar-refractivity contribution in [2.45, 2.75) is 4.90 Å². The molecular weight excluding hydrogens is 448 g/mol. The Balaban J connectivity index is 1.45. The van der Waals surface area contributed by atoms with Crippen molar-refractivity contribution >= 4 is 33.0 Å². The van der Waals surface area contributed by atoms with Gasteiger partial charge in [0, 0.05) is 29.2 Å². The largest absolute Gasteiger partial charge is 0.280 e. The molecule has 8 nitrogen and oxygen atoms in total. The number of sulfonamides is 1. The monoisotopic (exact) mass is 462 g/mol. The average Bonchev–Trinajstić information content (AvgIpc) is 3.23. The standard InChI is InChI=1S/C22H15ClN6O2S/c23-18-5-1-2-6-20(18)32(30,31)28-17-9-7-15(8-10-17)19-11-12-21-25-26-22(29(21)27-19)16-4-3-13-24-14-16/h1-14,28H. The van der Waals surface area contributed by atoms with E-state index in [1.807, 2.05) is 24.3 Å². The second-order valence-corrected chi connectivity index (χ2v) is 8.93. The fourth-order valence-corrected chi connectivity index (χ4v) is 4.78. The second kappa shape index (κ2) is 8.03. The van der Waals surface area contributed by atoms with Gasteiger partial charge in [-0.2, -0.15) is 9.61 Å². The lowest BCUT2D eigenvalue weighted by molar-refractivity contribution is 0.601. The Morgan fingerprint density at radius 3 is 2.41 bits per heavy atom. The van der Waals surface area contributed by atoms with Crippen LogP contribution < -0.4 is 4.72 Å². The van der Waals surface area contributed by atoms with E-state index in [1.54, 1.807) is 53.3 Å². The molecule has 0 bridgehead atoms. The van der Waals surface area contributed by atoms with E-state index < -0.39 is 10.0 Å². The molecule has 0 radical (unpaired) electrons. The van der Waals surface area contributed by atoms with Crippen LogP contribution in [0.2, 0.25) is 5.02 Å². The molecule has 0 amide bonds. The van der Waals surface area contributed by atoms with Crippen LogP contribution in [-0.2, 0) is 10.0 Å². The number of halogens is 1. The van der Waals surface area contributed by atoms with Gasteiger partial charge >= 0.3 is 0 Å². The van der Waals surface area contributed by atoms with E-state index in [0.29, 0.717) is 22.9 Å². The Hall–Kier alpha value is -3.82. The van der Waals surface area contributed by atoms with Crippen molar-refractivity contribution in [2.24, 2.45) is 0 Å². The molecule has 0 aliphatic heterocycles. The number of nitrogens with zero attached hydrogens (tertiary/aromatic N) is 5. The maximum atomic E-state index is 12.6. The van der Waals surface area contributed by atoms with Crippen molar-refractivity contribution < 1.29 is 8.42 Å². The maximum Gasteiger partial charge on any atom is 0.263 e. The average molecular weight is 463 g/mol. The lowest BCUT2D eigenvalue weighted by atomic mass is 10.1. The van der Waals surface area contributed by atoms with Crippen LogP contribution in [-0.4, -0.2) is 33.2 Å². The van der Waals surface area contributed by atoms with Crippen LogP contribution in [0.4, 0.5) is 5.69 Å². The summed E-state index contributed by atoms with van der Waals surface area (Å²) < 4.78 is 29.5. The molecule has 10 heteroatoms. The van der Waals surface area contributed by atoms with Crippen molar-refractivity contribution in [2.75, 3.05) is 4.72 Å². The summed E-state index contributed by atoms with van der Waals surface area (Å²) in [4.78, 5) is 4.14. The van der Waals surface area contributed by atoms with Crippen LogP contribution in [0.15, 0.2) is 90.1 Å². The molecule has 0 unspecified atom stereocenters. The smallest absolute Gasteiger partial charge is 0.263 e. The predicted octanol–water partition coefficient (Wildman–Crippen LogP) is 4.31. The van der Waals surface area contributed by atoms with Gasteiger partial charge in [-0.15, -0.1) is 10.2 Å². The van der Waals surface area contributed by atoms with Gasteiger partial charge in [-0.05, 0) is 48.5 Å². The number of hydrogen-bond donors (Lipinski definition) is 1. The number of anilines is 1. The number of fused-ring (bicyclic) bond motifs is 1. The Kier molecular flexibility index (Phi) is 5.04. The maximum absolute atomic E-state index is 12.6. The van der Waals surface area contributed by atoms with Crippen molar-refractivity contribution in [3.8, 4) is 22.6 Å². The van der Waals surface area contributed by atoms with Gasteiger partial charge in [0.2, 0.25) is 0 Å². The van der Waals surface area contributed by atoms with Gasteiger partial charge in [0.25, 0.3) is 10.0 Å². The Morgan fingerprint density at radius 1 is 0.844 bits per heavy atom. The molecular formula is C22H15ClN6O2S. The number of hydrogen-bond acceptors (Lipinski definition) is 6. The number of benzene rings is 2. The van der Waals surface area contributed by atoms with E-state index in [4.69, 9.17) is 11.6 Å². The predicted molar refractivity (Wildman–Crippen MR) is 122 cm³/mol. The summed E-state index contributed by atoms with van der Waals surface area (Å²) >= 11 is 6.03. The molecule has 5 rings (SSSR count). The van der Waals surface area contributed by atoms with Crippen molar-refractivity contribution in [1.29, 1.82) is 0 Å². The third kappa shape index (κ3) is 3.79. The third-order valence-electron chi connectivity index (χ3n) is 4.74. The van der Waals surface area contributed by atoms with Gasteiger partial charge in [0.05, 0.1) is 10.7 Å². The van der Waals surface area contributed by atoms with Gasteiger partial charge in [-0.1, -0.05) is 35.9 Å². The van der Waals surface area contributed by atoms with Crippen LogP contribution >= 0.6 is 11.6 Å². The molecule has 32 heavy (non-hydrogen) atoms. The molecule has 0 aliphatic carbocycles. The van der Waals surface area contributed by atoms with Crippen LogP contribution in [0, 0.1) is 0 Å². The lowest BCUT2D eigenvalue weighted by Crippen LogP contribution is -2.13. The fraction of sp³-hybridized carbons (Fsp3) is 0. The number of rotatable bonds is 5. The van der Waals surface area contributed by atoms with Crippen LogP contribution in [0.5, 0.6) is 0 Å². The fourth-order valence-electron chi connectivity index (χ4n) is 3.20. The Morgan fingerprint density at radius 2 is 1.66 bits per heavy atom. The Labute approximate surface area is 188 Å². The summed E-state index contributed by atoms with van der Waals surface area (Å²) in [6.45, 7) is 0. The van der Waals surface area contributed by atoms with Crippen LogP contribution in [0.3, 0.4) is 0 Å². The first-order chi connectivity index (χ1) is 15.5. The highest BCUT2D eigenvalue weighted by atomic mass is 35.5. The number of pyridine rings is 1. The quantitative estimate of drug-likeness (QED) is 0.417. The molecule has 2 aromatic carbocycles. The molecule has 0 aliphatic rings. The first kappa shape index (κ1) is 20.1. The van der Waals surface area contributed by atoms with Gasteiger partial charge in [-0.25, -0.2) is 8.42 Å². The second-order valence-electron chi connectivity index (χ2n) is 6.87. The number of aromatic nitrogens is 5. The molecule has 158 valence electrons. The summed E-state index contributed by atoms with van der Waals surface area (Å²) in [6, 6.07) is 20.6. The lowest BCUT2D eigenvalue weighted by Gasteiger charge is -2.10. The van der Waals surface area contributed by atoms with E-state index in [0.717, 1.165) is 11.1 Å². The first-order valence-corrected chi connectivity index (χ1v) is 11.4. The molecule has 0 spiro atoms. The SMILES string of the molecule is O=S(=O)(Nc1ccc(-c2ccc3nnc(-c4cccnc4)n3n2)cc1)c1ccccc1Cl. The Bertz CT molecular complexity index is 1520. The molecule has 1 N–H and O–H groups in total. The molecule has 0 atom stereocenters. The van der Waals surface area contributed by atoms with E-state index in [-0.39, 0.29) is 9.92 Å². The normalized spacial score (nSPS) is 11.5. The summed E-state index contributed by atoms with van der Waals surface area (Å²) in [6.07, 6.45) is 3.39. The van der Waals surface area contributed by atoms with E-state index >= 15 is 0 Å². The van der Waals surface area contributed by atoms with Crippen LogP contribution in [0.1, 0.15) is 0 Å². The molecule has 0 saturated carbocycles. The molecule has 3 heterocycles. The number of nitrogens with one attached hydrogen (secondary N) is 1. The molecule has 0 saturated heterocycles. The van der Waals surface area contributed by atoms with Crippen molar-refractivity contribution in [1.82, 2.24) is 24.8 Å². The van der Waals surface area contributed by atoms with Crippen molar-refractivity contribution in [3.63, 3.8) is 0 Å². The third-order valence-corrected chi connectivity index (χ3v) is 6.62. The highest BCUT2D eigenvalue weighted by Gasteiger charge is 2.17. The van der Waals surface area contributed by atoms with Gasteiger partial charge < -0.3 is 0 Å². The van der Waals surface area contributed by atoms with Gasteiger partial charge in [0.1, 0.15) is 4.90 Å². The summed E-state index contributed by atoms with van der Waals surface area (Å²) in [5.41, 5.74) is 3.31. The molecule has 3 aromatic heterocycles. The topological polar surface area (TPSA) is 102 Å². The zero-order chi connectivity index (χ0) is 22.1. The zero-order valence-electron chi connectivity index (χ0n) is 16.4. The minimum atomic E-state index is -3.80. The first-order valence-electron chi connectivity index (χ1n) is 9.52. The van der Waals surface area contributed by atoms with Crippen molar-refractivity contribution in [3.05, 3.63) is 90.2 Å². The minimum Gasteiger partial charge on any atom is -0.280 e.